The fourth-order valence-electron chi connectivity index (χ4n) is 2.68. The molecule has 0 radical (unpaired) electrons. The summed E-state index contributed by atoms with van der Waals surface area (Å²) >= 11 is 0. The first-order valence-electron chi connectivity index (χ1n) is 8.45. The van der Waals surface area contributed by atoms with Crippen LogP contribution in [-0.2, 0) is 14.8 Å². The fraction of sp³-hybridized carbons (Fsp3) is 0.105. The molecule has 11 heteroatoms. The highest BCUT2D eigenvalue weighted by Gasteiger charge is 2.27. The van der Waals surface area contributed by atoms with Gasteiger partial charge in [0.1, 0.15) is 5.75 Å². The highest BCUT2D eigenvalue weighted by Crippen LogP contribution is 2.30. The molecule has 0 bridgehead atoms. The summed E-state index contributed by atoms with van der Waals surface area (Å²) in [5.41, 5.74) is 5.00. The zero-order chi connectivity index (χ0) is 22.1. The number of carboxylic acid groups (broad SMARTS) is 1. The van der Waals surface area contributed by atoms with Gasteiger partial charge in [0.15, 0.2) is 17.5 Å². The number of ketones is 1. The average molecular weight is 431 g/mol. The summed E-state index contributed by atoms with van der Waals surface area (Å²) < 4.78 is 32.5. The van der Waals surface area contributed by atoms with E-state index in [1.54, 1.807) is 0 Å². The van der Waals surface area contributed by atoms with Crippen LogP contribution in [-0.4, -0.2) is 48.5 Å². The van der Waals surface area contributed by atoms with Gasteiger partial charge in [-0.05, 0) is 42.5 Å². The molecule has 3 aromatic rings. The Morgan fingerprint density at radius 1 is 1.17 bits per heavy atom. The molecule has 156 valence electrons. The van der Waals surface area contributed by atoms with Crippen molar-refractivity contribution in [1.29, 1.82) is 0 Å². The van der Waals surface area contributed by atoms with Gasteiger partial charge in [0.2, 0.25) is 5.78 Å². The van der Waals surface area contributed by atoms with Gasteiger partial charge in [-0.3, -0.25) is 14.3 Å². The summed E-state index contributed by atoms with van der Waals surface area (Å²) in [6.45, 7) is 0. The summed E-state index contributed by atoms with van der Waals surface area (Å²) in [5.74, 6) is -2.64. The van der Waals surface area contributed by atoms with Gasteiger partial charge in [-0.15, -0.1) is 0 Å². The van der Waals surface area contributed by atoms with Gasteiger partial charge in [0, 0.05) is 22.7 Å². The third kappa shape index (κ3) is 4.02. The minimum atomic E-state index is -3.88. The van der Waals surface area contributed by atoms with E-state index in [1.807, 2.05) is 0 Å². The van der Waals surface area contributed by atoms with Gasteiger partial charge >= 0.3 is 5.97 Å². The Morgan fingerprint density at radius 2 is 1.83 bits per heavy atom. The van der Waals surface area contributed by atoms with Crippen LogP contribution in [0.25, 0.3) is 10.8 Å². The highest BCUT2D eigenvalue weighted by molar-refractivity contribution is 7.92. The molecule has 3 rings (SSSR count). The molecule has 0 aliphatic heterocycles. The molecule has 0 aliphatic carbocycles. The van der Waals surface area contributed by atoms with E-state index in [1.165, 1.54) is 55.8 Å². The number of aromatic nitrogens is 1. The fourth-order valence-corrected chi connectivity index (χ4v) is 3.73. The molecule has 1 heterocycles. The summed E-state index contributed by atoms with van der Waals surface area (Å²) in [6.07, 6.45) is 1.21. The maximum absolute atomic E-state index is 12.6. The number of Topliss-reactive ketones (excluding diaryl/α,β-unsaturated/α-hetero) is 1. The van der Waals surface area contributed by atoms with Crippen LogP contribution in [0.2, 0.25) is 0 Å². The van der Waals surface area contributed by atoms with Crippen LogP contribution in [0.4, 0.5) is 5.69 Å². The third-order valence-electron chi connectivity index (χ3n) is 4.27. The second kappa shape index (κ2) is 7.97. The van der Waals surface area contributed by atoms with Crippen molar-refractivity contribution in [1.82, 2.24) is 4.98 Å². The lowest BCUT2D eigenvalue weighted by Gasteiger charge is -2.11. The Morgan fingerprint density at radius 3 is 2.43 bits per heavy atom. The first-order valence-corrected chi connectivity index (χ1v) is 9.93. The van der Waals surface area contributed by atoms with E-state index in [0.717, 1.165) is 0 Å². The number of ether oxygens (including phenoxy) is 1. The molecule has 0 fully saturated rings. The monoisotopic (exact) mass is 431 g/mol. The van der Waals surface area contributed by atoms with Crippen LogP contribution in [0.3, 0.4) is 0 Å². The molecule has 5 N–H and O–H groups in total. The molecule has 1 unspecified atom stereocenters. The van der Waals surface area contributed by atoms with Crippen LogP contribution >= 0.6 is 0 Å². The maximum Gasteiger partial charge on any atom is 0.328 e. The third-order valence-corrected chi connectivity index (χ3v) is 5.66. The average Bonchev–Trinajstić information content (AvgIpc) is 2.72. The molecule has 30 heavy (non-hydrogen) atoms. The Kier molecular flexibility index (Phi) is 5.58. The van der Waals surface area contributed by atoms with Crippen molar-refractivity contribution in [3.63, 3.8) is 0 Å². The molecule has 0 aliphatic rings. The number of aliphatic carboxylic acids is 1. The molecule has 0 saturated heterocycles. The summed E-state index contributed by atoms with van der Waals surface area (Å²) in [6, 6.07) is 8.11. The predicted octanol–water partition coefficient (Wildman–Crippen LogP) is 1.34. The number of carboxylic acids is 1. The second-order valence-electron chi connectivity index (χ2n) is 6.22. The predicted molar refractivity (Wildman–Crippen MR) is 107 cm³/mol. The van der Waals surface area contributed by atoms with Crippen molar-refractivity contribution >= 4 is 38.2 Å². The van der Waals surface area contributed by atoms with Gasteiger partial charge in [-0.2, -0.15) is 0 Å². The number of fused-ring (bicyclic) bond motifs is 1. The topological polar surface area (TPSA) is 169 Å². The quantitative estimate of drug-likeness (QED) is 0.318. The lowest BCUT2D eigenvalue weighted by Crippen LogP contribution is -2.38. The Balaban J connectivity index is 1.93. The maximum atomic E-state index is 12.6. The van der Waals surface area contributed by atoms with Crippen LogP contribution in [0.5, 0.6) is 11.5 Å². The van der Waals surface area contributed by atoms with E-state index in [9.17, 15) is 23.1 Å². The number of carbonyl (C=O) groups excluding carboxylic acids is 1. The van der Waals surface area contributed by atoms with Crippen molar-refractivity contribution in [2.45, 2.75) is 10.9 Å². The van der Waals surface area contributed by atoms with Crippen LogP contribution in [0.1, 0.15) is 10.5 Å². The van der Waals surface area contributed by atoms with Gasteiger partial charge in [0.25, 0.3) is 10.0 Å². The SMILES string of the molecule is COc1ccc(S(=O)(=O)Nc2ccc3c(O)c(C(=O)C(N)C(=O)O)ncc3c2)cc1. The van der Waals surface area contributed by atoms with E-state index in [-0.39, 0.29) is 16.0 Å². The van der Waals surface area contributed by atoms with Crippen molar-refractivity contribution < 1.29 is 33.0 Å². The minimum absolute atomic E-state index is 0.0213. The number of sulfonamides is 1. The minimum Gasteiger partial charge on any atom is -0.505 e. The van der Waals surface area contributed by atoms with E-state index in [0.29, 0.717) is 11.1 Å². The van der Waals surface area contributed by atoms with E-state index < -0.39 is 39.3 Å². The number of aromatic hydroxyl groups is 1. The molecule has 0 amide bonds. The normalized spacial score (nSPS) is 12.3. The molecule has 0 saturated carbocycles. The van der Waals surface area contributed by atoms with Gasteiger partial charge in [-0.25, -0.2) is 13.4 Å². The number of benzene rings is 2. The van der Waals surface area contributed by atoms with Gasteiger partial charge < -0.3 is 20.7 Å². The lowest BCUT2D eigenvalue weighted by molar-refractivity contribution is -0.137. The Bertz CT molecular complexity index is 1240. The summed E-state index contributed by atoms with van der Waals surface area (Å²) in [5, 5.41) is 19.7. The van der Waals surface area contributed by atoms with Crippen LogP contribution in [0.15, 0.2) is 53.6 Å². The molecule has 2 aromatic carbocycles. The number of anilines is 1. The van der Waals surface area contributed by atoms with Crippen molar-refractivity contribution in [3.05, 3.63) is 54.4 Å². The van der Waals surface area contributed by atoms with Gasteiger partial charge in [0.05, 0.1) is 12.0 Å². The number of rotatable bonds is 7. The van der Waals surface area contributed by atoms with Gasteiger partial charge in [-0.1, -0.05) is 0 Å². The molecule has 1 aromatic heterocycles. The van der Waals surface area contributed by atoms with Crippen LogP contribution < -0.4 is 15.2 Å². The number of pyridine rings is 1. The first-order chi connectivity index (χ1) is 14.1. The number of hydrogen-bond acceptors (Lipinski definition) is 8. The van der Waals surface area contributed by atoms with Crippen molar-refractivity contribution in [2.75, 3.05) is 11.8 Å². The number of nitrogens with two attached hydrogens (primary N) is 1. The van der Waals surface area contributed by atoms with Crippen molar-refractivity contribution in [3.8, 4) is 11.5 Å². The molecule has 1 atom stereocenters. The number of nitrogens with zero attached hydrogens (tertiary/aromatic N) is 1. The van der Waals surface area contributed by atoms with E-state index >= 15 is 0 Å². The zero-order valence-electron chi connectivity index (χ0n) is 15.6. The number of methoxy groups -OCH3 is 1. The number of carbonyl (C=O) groups is 2. The lowest BCUT2D eigenvalue weighted by atomic mass is 10.0. The number of nitrogens with one attached hydrogen (secondary N) is 1. The van der Waals surface area contributed by atoms with Crippen molar-refractivity contribution in [2.24, 2.45) is 5.73 Å². The molecular weight excluding hydrogens is 414 g/mol. The largest absolute Gasteiger partial charge is 0.505 e. The smallest absolute Gasteiger partial charge is 0.328 e. The highest BCUT2D eigenvalue weighted by atomic mass is 32.2. The first kappa shape index (κ1) is 21.0. The van der Waals surface area contributed by atoms with E-state index in [2.05, 4.69) is 9.71 Å². The summed E-state index contributed by atoms with van der Waals surface area (Å²) in [7, 11) is -2.42. The Labute approximate surface area is 171 Å². The number of hydrogen-bond donors (Lipinski definition) is 4. The second-order valence-corrected chi connectivity index (χ2v) is 7.90. The summed E-state index contributed by atoms with van der Waals surface area (Å²) in [4.78, 5) is 26.8. The Hall–Kier alpha value is -3.70. The molecule has 0 spiro atoms. The zero-order valence-corrected chi connectivity index (χ0v) is 16.4. The van der Waals surface area contributed by atoms with E-state index in [4.69, 9.17) is 15.6 Å². The van der Waals surface area contributed by atoms with Crippen LogP contribution in [0, 0.1) is 0 Å². The molecular formula is C19H17N3O7S. The standard InChI is InChI=1S/C19H17N3O7S/c1-29-12-3-5-13(6-4-12)30(27,28)22-11-2-7-14-10(8-11)9-21-16(17(14)23)18(24)15(20)19(25)26/h2-9,15,22-23H,20H2,1H3,(H,25,26). The molecule has 10 nitrogen and oxygen atoms in total.